The maximum Gasteiger partial charge on any atom is 0.225 e. The zero-order valence-corrected chi connectivity index (χ0v) is 5.72. The smallest absolute Gasteiger partial charge is 0.225 e. The zero-order valence-electron chi connectivity index (χ0n) is 5.72. The van der Waals surface area contributed by atoms with Crippen LogP contribution in [0.2, 0.25) is 0 Å². The Morgan fingerprint density at radius 2 is 2.33 bits per heavy atom. The maximum absolute atomic E-state index is 10.5. The molecular formula is C7H11NO. The second-order valence-corrected chi connectivity index (χ2v) is 2.46. The third kappa shape index (κ3) is 0.846. The molecule has 2 N–H and O–H groups in total. The van der Waals surface area contributed by atoms with Crippen LogP contribution in [0.25, 0.3) is 0 Å². The molecule has 1 fully saturated rings. The molecule has 2 unspecified atom stereocenters. The van der Waals surface area contributed by atoms with E-state index >= 15 is 0 Å². The number of hydrogen-bond acceptors (Lipinski definition) is 1. The minimum Gasteiger partial charge on any atom is -0.369 e. The van der Waals surface area contributed by atoms with E-state index in [2.05, 4.69) is 0 Å². The van der Waals surface area contributed by atoms with E-state index in [1.54, 1.807) is 0 Å². The molecular weight excluding hydrogens is 114 g/mol. The van der Waals surface area contributed by atoms with Crippen molar-refractivity contribution in [3.05, 3.63) is 11.6 Å². The Hall–Kier alpha value is -0.790. The van der Waals surface area contributed by atoms with Crippen molar-refractivity contribution in [2.75, 3.05) is 0 Å². The molecule has 0 aromatic rings. The van der Waals surface area contributed by atoms with Crippen LogP contribution >= 0.6 is 0 Å². The van der Waals surface area contributed by atoms with Gasteiger partial charge in [0, 0.05) is 0 Å². The van der Waals surface area contributed by atoms with Gasteiger partial charge in [0.15, 0.2) is 0 Å². The van der Waals surface area contributed by atoms with Crippen LogP contribution in [0.5, 0.6) is 0 Å². The first kappa shape index (κ1) is 6.33. The summed E-state index contributed by atoms with van der Waals surface area (Å²) < 4.78 is 0. The monoisotopic (exact) mass is 125 g/mol. The highest BCUT2D eigenvalue weighted by Crippen LogP contribution is 2.44. The summed E-state index contributed by atoms with van der Waals surface area (Å²) in [4.78, 5) is 10.5. The molecule has 0 aromatic carbocycles. The van der Waals surface area contributed by atoms with Crippen LogP contribution in [0, 0.1) is 11.8 Å². The second-order valence-electron chi connectivity index (χ2n) is 2.46. The van der Waals surface area contributed by atoms with Crippen LogP contribution in [0.1, 0.15) is 13.8 Å². The van der Waals surface area contributed by atoms with Crippen molar-refractivity contribution in [2.45, 2.75) is 13.8 Å². The van der Waals surface area contributed by atoms with Crippen LogP contribution in [-0.2, 0) is 4.79 Å². The Kier molecular flexibility index (Phi) is 1.31. The van der Waals surface area contributed by atoms with Gasteiger partial charge in [-0.1, -0.05) is 18.6 Å². The molecule has 0 bridgehead atoms. The molecule has 0 radical (unpaired) electrons. The molecule has 1 aliphatic carbocycles. The summed E-state index contributed by atoms with van der Waals surface area (Å²) in [5, 5.41) is 0. The van der Waals surface area contributed by atoms with Gasteiger partial charge >= 0.3 is 0 Å². The summed E-state index contributed by atoms with van der Waals surface area (Å²) in [5.74, 6) is 0.276. The Morgan fingerprint density at radius 1 is 1.78 bits per heavy atom. The van der Waals surface area contributed by atoms with E-state index in [1.807, 2.05) is 19.9 Å². The van der Waals surface area contributed by atoms with E-state index < -0.39 is 0 Å². The molecule has 9 heavy (non-hydrogen) atoms. The predicted molar refractivity (Wildman–Crippen MR) is 35.6 cm³/mol. The minimum absolute atomic E-state index is 0.0509. The fourth-order valence-corrected chi connectivity index (χ4v) is 1.27. The summed E-state index contributed by atoms with van der Waals surface area (Å²) in [5.41, 5.74) is 6.27. The number of hydrogen-bond donors (Lipinski definition) is 1. The van der Waals surface area contributed by atoms with E-state index in [0.29, 0.717) is 5.92 Å². The lowest BCUT2D eigenvalue weighted by molar-refractivity contribution is -0.119. The highest BCUT2D eigenvalue weighted by molar-refractivity contribution is 5.85. The fourth-order valence-electron chi connectivity index (χ4n) is 1.27. The summed E-state index contributed by atoms with van der Waals surface area (Å²) in [6.45, 7) is 3.96. The zero-order chi connectivity index (χ0) is 7.02. The van der Waals surface area contributed by atoms with Crippen LogP contribution in [0.15, 0.2) is 11.6 Å². The molecule has 0 saturated heterocycles. The lowest BCUT2D eigenvalue weighted by atomic mass is 10.3. The van der Waals surface area contributed by atoms with E-state index in [0.717, 1.165) is 0 Å². The van der Waals surface area contributed by atoms with E-state index in [4.69, 9.17) is 5.73 Å². The van der Waals surface area contributed by atoms with Gasteiger partial charge in [-0.05, 0) is 12.8 Å². The average Bonchev–Trinajstić information content (AvgIpc) is 2.40. The topological polar surface area (TPSA) is 43.1 Å². The number of nitrogens with two attached hydrogens (primary N) is 1. The predicted octanol–water partition coefficient (Wildman–Crippen LogP) is 0.684. The van der Waals surface area contributed by atoms with Crippen molar-refractivity contribution in [3.63, 3.8) is 0 Å². The molecule has 2 atom stereocenters. The van der Waals surface area contributed by atoms with Gasteiger partial charge in [-0.15, -0.1) is 0 Å². The first-order valence-corrected chi connectivity index (χ1v) is 3.14. The van der Waals surface area contributed by atoms with E-state index in [9.17, 15) is 4.79 Å². The van der Waals surface area contributed by atoms with Gasteiger partial charge < -0.3 is 5.73 Å². The van der Waals surface area contributed by atoms with Gasteiger partial charge in [-0.25, -0.2) is 0 Å². The van der Waals surface area contributed by atoms with Gasteiger partial charge in [0.25, 0.3) is 0 Å². The number of carbonyl (C=O) groups is 1. The standard InChI is InChI=1S/C7H11NO/c1-3-5-4(2)6(5)7(8)9/h3-4,6H,1-2H3,(H2,8,9)/b5-3+. The van der Waals surface area contributed by atoms with Gasteiger partial charge in [0.05, 0.1) is 5.92 Å². The number of carbonyl (C=O) groups excluding carboxylic acids is 1. The van der Waals surface area contributed by atoms with Gasteiger partial charge in [0.1, 0.15) is 0 Å². The lowest BCUT2D eigenvalue weighted by Crippen LogP contribution is -2.13. The number of rotatable bonds is 1. The molecule has 50 valence electrons. The molecule has 0 aromatic heterocycles. The normalized spacial score (nSPS) is 36.9. The minimum atomic E-state index is -0.185. The Balaban J connectivity index is 2.62. The van der Waals surface area contributed by atoms with Crippen molar-refractivity contribution in [3.8, 4) is 0 Å². The largest absolute Gasteiger partial charge is 0.369 e. The molecule has 1 amide bonds. The van der Waals surface area contributed by atoms with Crippen molar-refractivity contribution in [2.24, 2.45) is 17.6 Å². The van der Waals surface area contributed by atoms with Crippen LogP contribution < -0.4 is 5.73 Å². The highest BCUT2D eigenvalue weighted by Gasteiger charge is 2.43. The second kappa shape index (κ2) is 1.87. The molecule has 1 saturated carbocycles. The SMILES string of the molecule is C/C=C1\C(C)C1C(N)=O. The third-order valence-corrected chi connectivity index (χ3v) is 1.92. The molecule has 1 aliphatic rings. The van der Waals surface area contributed by atoms with E-state index in [1.165, 1.54) is 5.57 Å². The van der Waals surface area contributed by atoms with Crippen LogP contribution in [-0.4, -0.2) is 5.91 Å². The maximum atomic E-state index is 10.5. The molecule has 0 spiro atoms. The molecule has 0 heterocycles. The quantitative estimate of drug-likeness (QED) is 0.514. The van der Waals surface area contributed by atoms with Crippen molar-refractivity contribution >= 4 is 5.91 Å². The van der Waals surface area contributed by atoms with Crippen LogP contribution in [0.4, 0.5) is 0 Å². The third-order valence-electron chi connectivity index (χ3n) is 1.92. The summed E-state index contributed by atoms with van der Waals surface area (Å²) >= 11 is 0. The van der Waals surface area contributed by atoms with Crippen LogP contribution in [0.3, 0.4) is 0 Å². The average molecular weight is 125 g/mol. The molecule has 2 heteroatoms. The number of allylic oxidation sites excluding steroid dienone is 1. The Labute approximate surface area is 54.7 Å². The van der Waals surface area contributed by atoms with Gasteiger partial charge in [0.2, 0.25) is 5.91 Å². The Morgan fingerprint density at radius 3 is 2.44 bits per heavy atom. The summed E-state index contributed by atoms with van der Waals surface area (Å²) in [6, 6.07) is 0. The fraction of sp³-hybridized carbons (Fsp3) is 0.571. The van der Waals surface area contributed by atoms with Crippen molar-refractivity contribution in [1.29, 1.82) is 0 Å². The molecule has 2 nitrogen and oxygen atoms in total. The first-order valence-electron chi connectivity index (χ1n) is 3.14. The molecule has 1 rings (SSSR count). The molecule has 0 aliphatic heterocycles. The lowest BCUT2D eigenvalue weighted by Gasteiger charge is -1.81. The van der Waals surface area contributed by atoms with E-state index in [-0.39, 0.29) is 11.8 Å². The number of amides is 1. The van der Waals surface area contributed by atoms with Crippen molar-refractivity contribution in [1.82, 2.24) is 0 Å². The first-order chi connectivity index (χ1) is 4.18. The van der Waals surface area contributed by atoms with Gasteiger partial charge in [-0.2, -0.15) is 0 Å². The summed E-state index contributed by atoms with van der Waals surface area (Å²) in [6.07, 6.45) is 1.97. The van der Waals surface area contributed by atoms with Gasteiger partial charge in [-0.3, -0.25) is 4.79 Å². The van der Waals surface area contributed by atoms with Crippen molar-refractivity contribution < 1.29 is 4.79 Å². The highest BCUT2D eigenvalue weighted by atomic mass is 16.1. The number of primary amides is 1. The Bertz CT molecular complexity index is 172. The summed E-state index contributed by atoms with van der Waals surface area (Å²) in [7, 11) is 0.